The van der Waals surface area contributed by atoms with Crippen molar-refractivity contribution in [1.29, 1.82) is 0 Å². The molecule has 0 spiro atoms. The Labute approximate surface area is 109 Å². The van der Waals surface area contributed by atoms with Gasteiger partial charge in [-0.15, -0.1) is 0 Å². The van der Waals surface area contributed by atoms with Crippen molar-refractivity contribution in [2.75, 3.05) is 18.0 Å². The smallest absolute Gasteiger partial charge is 0.321 e. The van der Waals surface area contributed by atoms with Gasteiger partial charge in [0.25, 0.3) is 0 Å². The molecule has 2 aromatic rings. The number of nitrogens with one attached hydrogen (secondary N) is 1. The minimum absolute atomic E-state index is 0.269. The molecule has 2 bridgehead atoms. The molecule has 0 aliphatic carbocycles. The average molecular weight is 260 g/mol. The highest BCUT2D eigenvalue weighted by Gasteiger charge is 2.38. The Morgan fingerprint density at radius 2 is 1.89 bits per heavy atom. The van der Waals surface area contributed by atoms with Crippen LogP contribution in [0, 0.1) is 5.82 Å². The maximum atomic E-state index is 12.9. The Morgan fingerprint density at radius 3 is 2.58 bits per heavy atom. The molecule has 0 amide bonds. The summed E-state index contributed by atoms with van der Waals surface area (Å²) in [7, 11) is 0. The Hall–Kier alpha value is -1.95. The number of aromatic nitrogens is 2. The van der Waals surface area contributed by atoms with Crippen LogP contribution in [-0.2, 0) is 0 Å². The number of hydrogen-bond donors (Lipinski definition) is 1. The van der Waals surface area contributed by atoms with Crippen LogP contribution in [0.4, 0.5) is 10.4 Å². The van der Waals surface area contributed by atoms with E-state index in [1.54, 1.807) is 12.1 Å². The Kier molecular flexibility index (Phi) is 2.32. The lowest BCUT2D eigenvalue weighted by atomic mass is 9.92. The fourth-order valence-electron chi connectivity index (χ4n) is 2.73. The fourth-order valence-corrected chi connectivity index (χ4v) is 2.73. The molecule has 1 aromatic carbocycles. The summed E-state index contributed by atoms with van der Waals surface area (Å²) in [4.78, 5) is 6.49. The highest BCUT2D eigenvalue weighted by atomic mass is 19.1. The minimum atomic E-state index is -0.269. The molecule has 5 nitrogen and oxygen atoms in total. The largest absolute Gasteiger partial charge is 0.324 e. The second kappa shape index (κ2) is 4.03. The third-order valence-electron chi connectivity index (χ3n) is 3.71. The van der Waals surface area contributed by atoms with Crippen LogP contribution < -0.4 is 10.2 Å². The number of fused-ring (bicyclic) bond motifs is 2. The van der Waals surface area contributed by atoms with E-state index in [1.165, 1.54) is 18.6 Å². The first-order chi connectivity index (χ1) is 9.28. The van der Waals surface area contributed by atoms with Crippen molar-refractivity contribution in [3.8, 4) is 11.4 Å². The van der Waals surface area contributed by atoms with Crippen molar-refractivity contribution < 1.29 is 8.91 Å². The third kappa shape index (κ3) is 1.88. The lowest BCUT2D eigenvalue weighted by molar-refractivity contribution is 0.216. The zero-order chi connectivity index (χ0) is 12.8. The van der Waals surface area contributed by atoms with Crippen LogP contribution in [0.3, 0.4) is 0 Å². The molecule has 1 aromatic heterocycles. The molecule has 5 rings (SSSR count). The molecule has 6 heteroatoms. The van der Waals surface area contributed by atoms with Gasteiger partial charge in [-0.25, -0.2) is 4.39 Å². The zero-order valence-electron chi connectivity index (χ0n) is 10.2. The quantitative estimate of drug-likeness (QED) is 0.885. The number of rotatable bonds is 2. The van der Waals surface area contributed by atoms with Gasteiger partial charge in [0, 0.05) is 30.7 Å². The second-order valence-corrected chi connectivity index (χ2v) is 5.11. The van der Waals surface area contributed by atoms with Crippen molar-refractivity contribution in [1.82, 2.24) is 15.5 Å². The summed E-state index contributed by atoms with van der Waals surface area (Å²) in [5, 5.41) is 7.41. The average Bonchev–Trinajstić information content (AvgIpc) is 2.89. The van der Waals surface area contributed by atoms with Gasteiger partial charge in [0.2, 0.25) is 5.82 Å². The van der Waals surface area contributed by atoms with Gasteiger partial charge in [-0.2, -0.15) is 4.98 Å². The minimum Gasteiger partial charge on any atom is -0.321 e. The van der Waals surface area contributed by atoms with Crippen LogP contribution in [0.25, 0.3) is 11.4 Å². The lowest BCUT2D eigenvalue weighted by Crippen LogP contribution is -2.67. The van der Waals surface area contributed by atoms with E-state index in [1.807, 2.05) is 0 Å². The Bertz CT molecular complexity index is 581. The van der Waals surface area contributed by atoms with E-state index in [2.05, 4.69) is 20.4 Å². The molecule has 0 saturated carbocycles. The van der Waals surface area contributed by atoms with Crippen LogP contribution in [0.15, 0.2) is 28.8 Å². The van der Waals surface area contributed by atoms with Crippen molar-refractivity contribution in [3.05, 3.63) is 30.1 Å². The van der Waals surface area contributed by atoms with E-state index in [0.717, 1.165) is 18.7 Å². The SMILES string of the molecule is Fc1ccc(-c2noc(N3CC4CC(C3)N4)n2)cc1. The Morgan fingerprint density at radius 1 is 1.21 bits per heavy atom. The fraction of sp³-hybridized carbons (Fsp3) is 0.385. The summed E-state index contributed by atoms with van der Waals surface area (Å²) >= 11 is 0. The third-order valence-corrected chi connectivity index (χ3v) is 3.71. The van der Waals surface area contributed by atoms with Gasteiger partial charge in [0.15, 0.2) is 0 Å². The van der Waals surface area contributed by atoms with Crippen LogP contribution in [-0.4, -0.2) is 35.3 Å². The van der Waals surface area contributed by atoms with E-state index in [4.69, 9.17) is 4.52 Å². The molecule has 4 heterocycles. The van der Waals surface area contributed by atoms with Gasteiger partial charge in [0.05, 0.1) is 0 Å². The molecule has 2 atom stereocenters. The molecule has 19 heavy (non-hydrogen) atoms. The normalized spacial score (nSPS) is 25.2. The molecular weight excluding hydrogens is 247 g/mol. The second-order valence-electron chi connectivity index (χ2n) is 5.11. The van der Waals surface area contributed by atoms with Gasteiger partial charge >= 0.3 is 6.01 Å². The number of hydrogen-bond acceptors (Lipinski definition) is 5. The summed E-state index contributed by atoms with van der Waals surface area (Å²) in [6.07, 6.45) is 1.23. The summed E-state index contributed by atoms with van der Waals surface area (Å²) in [6.45, 7) is 1.81. The summed E-state index contributed by atoms with van der Waals surface area (Å²) < 4.78 is 18.2. The van der Waals surface area contributed by atoms with Gasteiger partial charge < -0.3 is 14.7 Å². The molecule has 3 saturated heterocycles. The first-order valence-corrected chi connectivity index (χ1v) is 6.38. The van der Waals surface area contributed by atoms with Crippen molar-refractivity contribution in [2.24, 2.45) is 0 Å². The highest BCUT2D eigenvalue weighted by molar-refractivity contribution is 5.55. The van der Waals surface area contributed by atoms with E-state index in [9.17, 15) is 4.39 Å². The number of halogens is 1. The summed E-state index contributed by atoms with van der Waals surface area (Å²) in [5.74, 6) is 0.233. The van der Waals surface area contributed by atoms with E-state index in [-0.39, 0.29) is 5.82 Å². The Balaban J connectivity index is 1.57. The number of nitrogens with zero attached hydrogens (tertiary/aromatic N) is 3. The number of benzene rings is 1. The predicted molar refractivity (Wildman–Crippen MR) is 67.2 cm³/mol. The molecule has 3 aliphatic rings. The van der Waals surface area contributed by atoms with Crippen LogP contribution in [0.5, 0.6) is 0 Å². The van der Waals surface area contributed by atoms with E-state index >= 15 is 0 Å². The standard InChI is InChI=1S/C13H13FN4O/c14-9-3-1-8(2-4-9)12-16-13(19-17-12)18-6-10-5-11(7-18)15-10/h1-4,10-11,15H,5-7H2. The van der Waals surface area contributed by atoms with Gasteiger partial charge in [-0.05, 0) is 30.7 Å². The van der Waals surface area contributed by atoms with Gasteiger partial charge in [-0.3, -0.25) is 0 Å². The number of anilines is 1. The lowest BCUT2D eigenvalue weighted by Gasteiger charge is -2.47. The van der Waals surface area contributed by atoms with Gasteiger partial charge in [0.1, 0.15) is 5.82 Å². The molecule has 0 radical (unpaired) electrons. The topological polar surface area (TPSA) is 54.2 Å². The summed E-state index contributed by atoms with van der Waals surface area (Å²) in [6, 6.07) is 7.73. The highest BCUT2D eigenvalue weighted by Crippen LogP contribution is 2.26. The number of piperidine rings is 1. The van der Waals surface area contributed by atoms with E-state index < -0.39 is 0 Å². The van der Waals surface area contributed by atoms with Crippen LogP contribution in [0.1, 0.15) is 6.42 Å². The zero-order valence-corrected chi connectivity index (χ0v) is 10.2. The maximum Gasteiger partial charge on any atom is 0.324 e. The first-order valence-electron chi connectivity index (χ1n) is 6.38. The first kappa shape index (κ1) is 10.9. The van der Waals surface area contributed by atoms with Crippen molar-refractivity contribution in [2.45, 2.75) is 18.5 Å². The molecule has 1 N–H and O–H groups in total. The molecular formula is C13H13FN4O. The van der Waals surface area contributed by atoms with Crippen molar-refractivity contribution in [3.63, 3.8) is 0 Å². The monoisotopic (exact) mass is 260 g/mol. The van der Waals surface area contributed by atoms with Crippen molar-refractivity contribution >= 4 is 6.01 Å². The molecule has 3 aliphatic heterocycles. The van der Waals surface area contributed by atoms with Crippen LogP contribution >= 0.6 is 0 Å². The van der Waals surface area contributed by atoms with Gasteiger partial charge in [-0.1, -0.05) is 5.16 Å². The summed E-state index contributed by atoms with van der Waals surface area (Å²) in [5.41, 5.74) is 0.761. The number of piperazine rings is 1. The predicted octanol–water partition coefficient (Wildman–Crippen LogP) is 1.43. The molecule has 98 valence electrons. The molecule has 2 unspecified atom stereocenters. The molecule has 3 fully saturated rings. The van der Waals surface area contributed by atoms with E-state index in [0.29, 0.717) is 23.9 Å². The maximum absolute atomic E-state index is 12.9. The van der Waals surface area contributed by atoms with Crippen LogP contribution in [0.2, 0.25) is 0 Å².